The average Bonchev–Trinajstić information content (AvgIpc) is 4.01. The summed E-state index contributed by atoms with van der Waals surface area (Å²) in [7, 11) is 0. The molecule has 0 N–H and O–H groups in total. The maximum Gasteiger partial charge on any atom is 0.260 e. The lowest BCUT2D eigenvalue weighted by atomic mass is 9.35. The fourth-order valence-electron chi connectivity index (χ4n) is 8.61. The Hall–Kier alpha value is -7.34. The van der Waals surface area contributed by atoms with Crippen molar-refractivity contribution in [3.8, 4) is 62.1 Å². The summed E-state index contributed by atoms with van der Waals surface area (Å²) in [5.41, 5.74) is 3.67. The summed E-state index contributed by atoms with van der Waals surface area (Å²) in [6.07, 6.45) is 0. The Kier molecular flexibility index (Phi) is 4.62. The molecule has 0 unspecified atom stereocenters. The summed E-state index contributed by atoms with van der Waals surface area (Å²) in [5.74, 6) is -0.639. The quantitative estimate of drug-likeness (QED) is 0.166. The van der Waals surface area contributed by atoms with Gasteiger partial charge in [0.25, 0.3) is 6.71 Å². The normalized spacial score (nSPS) is 16.4. The fraction of sp³-hybridized carbons (Fsp3) is 0.0182. The third kappa shape index (κ3) is 4.96. The molecule has 0 spiro atoms. The Morgan fingerprint density at radius 3 is 1.95 bits per heavy atom. The van der Waals surface area contributed by atoms with Crippen LogP contribution in [0.3, 0.4) is 0 Å². The van der Waals surface area contributed by atoms with Gasteiger partial charge in [0.05, 0.1) is 33.0 Å². The van der Waals surface area contributed by atoms with Crippen molar-refractivity contribution in [3.05, 3.63) is 193 Å². The van der Waals surface area contributed by atoms with Crippen LogP contribution in [-0.4, -0.2) is 11.3 Å². The van der Waals surface area contributed by atoms with E-state index < -0.39 is 43.0 Å². The number of thiophene rings is 1. The van der Waals surface area contributed by atoms with E-state index in [2.05, 4.69) is 0 Å². The first kappa shape index (κ1) is 21.6. The minimum atomic E-state index is -1.23. The monoisotopic (exact) mass is 799 g/mol. The zero-order chi connectivity index (χ0) is 53.4. The molecule has 0 saturated heterocycles. The van der Waals surface area contributed by atoms with Crippen molar-refractivity contribution in [1.29, 1.82) is 0 Å². The zero-order valence-corrected chi connectivity index (χ0v) is 32.2. The van der Waals surface area contributed by atoms with Gasteiger partial charge in [0.1, 0.15) is 23.0 Å². The van der Waals surface area contributed by atoms with E-state index in [9.17, 15) is 6.85 Å². The van der Waals surface area contributed by atoms with Crippen molar-refractivity contribution in [1.82, 2.24) is 4.57 Å². The van der Waals surface area contributed by atoms with Gasteiger partial charge in [0.15, 0.2) is 0 Å². The second-order valence-corrected chi connectivity index (χ2v) is 15.8. The van der Waals surface area contributed by atoms with Gasteiger partial charge in [-0.25, -0.2) is 0 Å². The van der Waals surface area contributed by atoms with Crippen LogP contribution in [0.15, 0.2) is 188 Å². The molecular formula is C55H34BNO2S. The van der Waals surface area contributed by atoms with Gasteiger partial charge in [-0.3, -0.25) is 0 Å². The molecule has 11 aromatic rings. The summed E-state index contributed by atoms with van der Waals surface area (Å²) in [4.78, 5) is 0. The highest BCUT2D eigenvalue weighted by Gasteiger charge is 2.40. The van der Waals surface area contributed by atoms with Gasteiger partial charge in [0.2, 0.25) is 0 Å². The molecule has 280 valence electrons. The predicted octanol–water partition coefficient (Wildman–Crippen LogP) is 13.2. The summed E-state index contributed by atoms with van der Waals surface area (Å²) >= 11 is 1.44. The highest BCUT2D eigenvalue weighted by atomic mass is 32.1. The van der Waals surface area contributed by atoms with Gasteiger partial charge in [-0.1, -0.05) is 133 Å². The van der Waals surface area contributed by atoms with E-state index in [1.54, 1.807) is 53.1 Å². The summed E-state index contributed by atoms with van der Waals surface area (Å²) in [6, 6.07) is 21.8. The third-order valence-electron chi connectivity index (χ3n) is 11.3. The number of aromatic nitrogens is 1. The van der Waals surface area contributed by atoms with Crippen molar-refractivity contribution in [2.24, 2.45) is 0 Å². The molecule has 0 saturated carbocycles. The van der Waals surface area contributed by atoms with Crippen LogP contribution in [0.1, 0.15) is 27.5 Å². The van der Waals surface area contributed by atoms with Gasteiger partial charge in [-0.2, -0.15) is 0 Å². The molecule has 0 fully saturated rings. The van der Waals surface area contributed by atoms with Crippen LogP contribution >= 0.6 is 11.3 Å². The van der Waals surface area contributed by atoms with E-state index >= 15 is 0 Å². The van der Waals surface area contributed by atoms with E-state index in [0.29, 0.717) is 16.8 Å². The topological polar surface area (TPSA) is 23.4 Å². The number of benzene rings is 9. The average molecular weight is 800 g/mol. The number of ether oxygens (including phenoxy) is 2. The molecule has 2 aromatic heterocycles. The van der Waals surface area contributed by atoms with E-state index in [1.807, 2.05) is 42.5 Å². The van der Waals surface area contributed by atoms with Crippen LogP contribution in [0.2, 0.25) is 0 Å². The van der Waals surface area contributed by atoms with Crippen LogP contribution in [0.5, 0.6) is 23.0 Å². The first-order valence-corrected chi connectivity index (χ1v) is 20.0. The van der Waals surface area contributed by atoms with E-state index in [4.69, 9.17) is 24.6 Å². The molecule has 2 aliphatic rings. The first-order valence-electron chi connectivity index (χ1n) is 27.2. The Labute approximate surface area is 373 Å². The summed E-state index contributed by atoms with van der Waals surface area (Å²) < 4.78 is 161. The number of nitrogens with zero attached hydrogens (tertiary/aromatic N) is 1. The Morgan fingerprint density at radius 2 is 1.15 bits per heavy atom. The molecule has 4 heterocycles. The van der Waals surface area contributed by atoms with Crippen LogP contribution in [0, 0.1) is 6.92 Å². The number of fused-ring (bicyclic) bond motifs is 10. The minimum absolute atomic E-state index is 0.00966. The second-order valence-electron chi connectivity index (χ2n) is 14.7. The largest absolute Gasteiger partial charge is 0.458 e. The molecule has 0 aliphatic carbocycles. The predicted molar refractivity (Wildman–Crippen MR) is 252 cm³/mol. The van der Waals surface area contributed by atoms with Crippen LogP contribution < -0.4 is 25.9 Å². The van der Waals surface area contributed by atoms with Crippen molar-refractivity contribution < 1.29 is 31.4 Å². The molecule has 0 atom stereocenters. The van der Waals surface area contributed by atoms with Gasteiger partial charge >= 0.3 is 0 Å². The highest BCUT2D eigenvalue weighted by Crippen LogP contribution is 2.46. The van der Waals surface area contributed by atoms with Crippen molar-refractivity contribution in [2.45, 2.75) is 6.92 Å². The lowest BCUT2D eigenvalue weighted by Gasteiger charge is -2.33. The van der Waals surface area contributed by atoms with Crippen LogP contribution in [0.25, 0.3) is 81.0 Å². The van der Waals surface area contributed by atoms with Gasteiger partial charge in [-0.15, -0.1) is 11.3 Å². The molecule has 0 amide bonds. The maximum absolute atomic E-state index is 9.83. The van der Waals surface area contributed by atoms with Crippen molar-refractivity contribution in [3.63, 3.8) is 0 Å². The summed E-state index contributed by atoms with van der Waals surface area (Å²) in [6.45, 7) is 0.280. The van der Waals surface area contributed by atoms with Gasteiger partial charge in [-0.05, 0) is 111 Å². The smallest absolute Gasteiger partial charge is 0.260 e. The number of hydrogen-bond donors (Lipinski definition) is 0. The summed E-state index contributed by atoms with van der Waals surface area (Å²) in [5, 5.41) is 1.92. The molecule has 60 heavy (non-hydrogen) atoms. The lowest BCUT2D eigenvalue weighted by Crippen LogP contribution is -2.57. The molecular weight excluding hydrogens is 749 g/mol. The molecule has 5 heteroatoms. The maximum atomic E-state index is 9.83. The van der Waals surface area contributed by atoms with Gasteiger partial charge in [0, 0.05) is 42.1 Å². The molecule has 0 bridgehead atoms. The lowest BCUT2D eigenvalue weighted by molar-refractivity contribution is 0.464. The molecule has 3 nitrogen and oxygen atoms in total. The second kappa shape index (κ2) is 12.8. The number of rotatable bonds is 4. The standard InChI is InChI=1S/C55H34BNO2S/c1-33-21-27-46-50(29-33)59-52-32-37(31-51-53(52)56(46)45-18-6-8-20-49(45)58-51)34-22-24-35(25-23-34)39-14-9-16-42-43-17-10-15-40(55(43)60-54(39)42)36-26-28-48-44(30-36)41-13-5-7-19-47(41)57(48)38-11-3-2-4-12-38/h2-32H,1H3/i5D,6D,7D,8D,13D,18D,19D,20D,21D,26D,27D,28D,29D,30D,31D,32D. The zero-order valence-electron chi connectivity index (χ0n) is 47.4. The number of para-hydroxylation sites is 3. The highest BCUT2D eigenvalue weighted by molar-refractivity contribution is 7.26. The Morgan fingerprint density at radius 1 is 0.483 bits per heavy atom. The van der Waals surface area contributed by atoms with Crippen LogP contribution in [0.4, 0.5) is 0 Å². The van der Waals surface area contributed by atoms with Crippen molar-refractivity contribution in [2.75, 3.05) is 0 Å². The van der Waals surface area contributed by atoms with Crippen LogP contribution in [-0.2, 0) is 0 Å². The van der Waals surface area contributed by atoms with E-state index in [1.165, 1.54) is 18.3 Å². The molecule has 0 radical (unpaired) electrons. The first-order chi connectivity index (χ1) is 36.3. The fourth-order valence-corrected chi connectivity index (χ4v) is 9.97. The molecule has 9 aromatic carbocycles. The third-order valence-corrected chi connectivity index (χ3v) is 12.6. The Balaban J connectivity index is 0.968. The van der Waals surface area contributed by atoms with Crippen molar-refractivity contribution >= 4 is 76.4 Å². The molecule has 13 rings (SSSR count). The molecule has 2 aliphatic heterocycles. The number of hydrogen-bond acceptors (Lipinski definition) is 3. The minimum Gasteiger partial charge on any atom is -0.458 e. The van der Waals surface area contributed by atoms with E-state index in [0.717, 1.165) is 31.3 Å². The van der Waals surface area contributed by atoms with E-state index in [-0.39, 0.29) is 138 Å². The van der Waals surface area contributed by atoms with Gasteiger partial charge < -0.3 is 14.0 Å². The SMILES string of the molecule is [2H]c1c([2H])c([2H])c2c(c1[2H])Oc1c([2H])c(-c3ccc(-c4cccc5c4sc4c(-c6c([2H])c([2H])c7c(c6[2H])c6c([2H])c([2H])c([2H])c([2H])c6n7-c6ccccc6)cccc45)cc3)c([2H])c3c1B2c1c([2H])c([2H])c(C)c([2H])c1O3. The Bertz CT molecular complexity index is 4400.